The summed E-state index contributed by atoms with van der Waals surface area (Å²) in [5.41, 5.74) is 10.9. The van der Waals surface area contributed by atoms with Gasteiger partial charge in [-0.3, -0.25) is 14.4 Å². The zero-order valence-electron chi connectivity index (χ0n) is 18.4. The van der Waals surface area contributed by atoms with E-state index in [2.05, 4.69) is 28.6 Å². The Morgan fingerprint density at radius 2 is 2.03 bits per heavy atom. The molecule has 2 aromatic rings. The molecule has 1 heterocycles. The maximum absolute atomic E-state index is 13.2. The molecule has 0 saturated carbocycles. The number of benzene rings is 2. The number of rotatable bonds is 5. The molecular formula is C24H29N5O3. The maximum atomic E-state index is 13.2. The lowest BCUT2D eigenvalue weighted by Crippen LogP contribution is -2.45. The van der Waals surface area contributed by atoms with Crippen LogP contribution in [0.5, 0.6) is 0 Å². The van der Waals surface area contributed by atoms with Gasteiger partial charge in [-0.1, -0.05) is 30.8 Å². The summed E-state index contributed by atoms with van der Waals surface area (Å²) in [5.74, 6) is -0.617. The number of nitrogens with two attached hydrogens (primary N) is 1. The van der Waals surface area contributed by atoms with Crippen LogP contribution in [0.1, 0.15) is 24.1 Å². The summed E-state index contributed by atoms with van der Waals surface area (Å²) in [6, 6.07) is 12.6. The fraction of sp³-hybridized carbons (Fsp3) is 0.292. The van der Waals surface area contributed by atoms with Gasteiger partial charge in [0.05, 0.1) is 13.1 Å². The molecule has 3 rings (SSSR count). The Labute approximate surface area is 187 Å². The molecule has 168 valence electrons. The predicted molar refractivity (Wildman–Crippen MR) is 124 cm³/mol. The first-order valence-corrected chi connectivity index (χ1v) is 10.4. The van der Waals surface area contributed by atoms with Crippen molar-refractivity contribution in [3.63, 3.8) is 0 Å². The number of carbonyl (C=O) groups excluding carboxylic acids is 3. The fourth-order valence-electron chi connectivity index (χ4n) is 3.90. The zero-order chi connectivity index (χ0) is 23.3. The van der Waals surface area contributed by atoms with Gasteiger partial charge in [0.15, 0.2) is 0 Å². The molecule has 1 aliphatic rings. The lowest BCUT2D eigenvalue weighted by Gasteiger charge is -2.31. The topological polar surface area (TPSA) is 117 Å². The fourth-order valence-corrected chi connectivity index (χ4v) is 3.90. The number of amides is 3. The monoisotopic (exact) mass is 435 g/mol. The highest BCUT2D eigenvalue weighted by molar-refractivity contribution is 5.89. The van der Waals surface area contributed by atoms with E-state index in [1.165, 1.54) is 0 Å². The van der Waals surface area contributed by atoms with E-state index in [0.29, 0.717) is 24.2 Å². The Kier molecular flexibility index (Phi) is 7.14. The van der Waals surface area contributed by atoms with E-state index < -0.39 is 6.04 Å². The van der Waals surface area contributed by atoms with E-state index in [9.17, 15) is 14.4 Å². The van der Waals surface area contributed by atoms with Crippen molar-refractivity contribution in [3.05, 3.63) is 65.9 Å². The summed E-state index contributed by atoms with van der Waals surface area (Å²) in [6.07, 6.45) is 1.20. The van der Waals surface area contributed by atoms with Crippen molar-refractivity contribution < 1.29 is 14.4 Å². The van der Waals surface area contributed by atoms with Crippen molar-refractivity contribution in [2.75, 3.05) is 25.9 Å². The summed E-state index contributed by atoms with van der Waals surface area (Å²) in [4.78, 5) is 38.0. The van der Waals surface area contributed by atoms with Crippen molar-refractivity contribution in [2.45, 2.75) is 25.4 Å². The second-order valence-corrected chi connectivity index (χ2v) is 8.06. The third-order valence-electron chi connectivity index (χ3n) is 5.45. The van der Waals surface area contributed by atoms with Crippen LogP contribution in [0.25, 0.3) is 11.1 Å². The predicted octanol–water partition coefficient (Wildman–Crippen LogP) is 1.35. The van der Waals surface area contributed by atoms with E-state index in [1.807, 2.05) is 43.3 Å². The van der Waals surface area contributed by atoms with E-state index in [1.54, 1.807) is 11.9 Å². The van der Waals surface area contributed by atoms with Gasteiger partial charge in [0.25, 0.3) is 0 Å². The minimum absolute atomic E-state index is 0.129. The number of nitrogen functional groups attached to an aromatic ring is 1. The Balaban J connectivity index is 2.08. The Morgan fingerprint density at radius 1 is 1.25 bits per heavy atom. The summed E-state index contributed by atoms with van der Waals surface area (Å²) < 4.78 is 0. The smallest absolute Gasteiger partial charge is 0.247 e. The molecule has 32 heavy (non-hydrogen) atoms. The number of carbonyl (C=O) groups is 3. The molecule has 0 spiro atoms. The molecule has 0 radical (unpaired) electrons. The van der Waals surface area contributed by atoms with Crippen molar-refractivity contribution in [1.82, 2.24) is 20.9 Å². The highest BCUT2D eigenvalue weighted by atomic mass is 16.2. The minimum Gasteiger partial charge on any atom is -0.399 e. The standard InChI is InChI=1S/C24H29N5O3/c1-15-7-17-8-20(11-21(25)9-17)18-5-4-6-19(10-18)23(24(32)27-13-22(31)28-15)29(3)16(2)12-26-14-30/h4-6,8-11,14-15,23H,2,7,12-13,25H2,1,3H3,(H,26,30)(H,27,32)(H,28,31). The second-order valence-electron chi connectivity index (χ2n) is 8.06. The van der Waals surface area contributed by atoms with E-state index in [0.717, 1.165) is 22.3 Å². The van der Waals surface area contributed by atoms with Crippen LogP contribution in [0.2, 0.25) is 0 Å². The molecule has 8 nitrogen and oxygen atoms in total. The van der Waals surface area contributed by atoms with Gasteiger partial charge in [-0.15, -0.1) is 0 Å². The molecule has 2 aromatic carbocycles. The van der Waals surface area contributed by atoms with Crippen molar-refractivity contribution in [3.8, 4) is 11.1 Å². The molecular weight excluding hydrogens is 406 g/mol. The van der Waals surface area contributed by atoms with Crippen LogP contribution in [0, 0.1) is 0 Å². The number of nitrogens with zero attached hydrogens (tertiary/aromatic N) is 1. The number of likely N-dealkylation sites (N-methyl/N-ethyl adjacent to an activating group) is 1. The van der Waals surface area contributed by atoms with E-state index in [4.69, 9.17) is 5.73 Å². The molecule has 2 atom stereocenters. The molecule has 8 heteroatoms. The van der Waals surface area contributed by atoms with Crippen LogP contribution in [0.15, 0.2) is 54.7 Å². The largest absolute Gasteiger partial charge is 0.399 e. The van der Waals surface area contributed by atoms with Gasteiger partial charge >= 0.3 is 0 Å². The van der Waals surface area contributed by atoms with E-state index >= 15 is 0 Å². The van der Waals surface area contributed by atoms with Gasteiger partial charge in [-0.2, -0.15) is 0 Å². The van der Waals surface area contributed by atoms with Gasteiger partial charge in [-0.25, -0.2) is 0 Å². The third-order valence-corrected chi connectivity index (χ3v) is 5.45. The lowest BCUT2D eigenvalue weighted by atomic mass is 9.95. The molecule has 5 N–H and O–H groups in total. The molecule has 3 amide bonds. The van der Waals surface area contributed by atoms with Crippen molar-refractivity contribution >= 4 is 23.9 Å². The van der Waals surface area contributed by atoms with Gasteiger partial charge in [0.1, 0.15) is 6.04 Å². The molecule has 2 unspecified atom stereocenters. The van der Waals surface area contributed by atoms with Gasteiger partial charge < -0.3 is 26.6 Å². The number of fused-ring (bicyclic) bond motifs is 5. The molecule has 4 bridgehead atoms. The van der Waals surface area contributed by atoms with Crippen LogP contribution >= 0.6 is 0 Å². The van der Waals surface area contributed by atoms with Crippen LogP contribution in [-0.4, -0.2) is 49.3 Å². The summed E-state index contributed by atoms with van der Waals surface area (Å²) in [6.45, 7) is 5.95. The summed E-state index contributed by atoms with van der Waals surface area (Å²) in [5, 5.41) is 8.20. The maximum Gasteiger partial charge on any atom is 0.247 e. The number of hydrogen-bond acceptors (Lipinski definition) is 5. The summed E-state index contributed by atoms with van der Waals surface area (Å²) >= 11 is 0. The average molecular weight is 436 g/mol. The third kappa shape index (κ3) is 5.46. The number of hydrogen-bond donors (Lipinski definition) is 4. The minimum atomic E-state index is -0.746. The lowest BCUT2D eigenvalue weighted by molar-refractivity contribution is -0.129. The highest BCUT2D eigenvalue weighted by Crippen LogP contribution is 2.30. The highest BCUT2D eigenvalue weighted by Gasteiger charge is 2.27. The second kappa shape index (κ2) is 10.00. The van der Waals surface area contributed by atoms with Crippen LogP contribution in [-0.2, 0) is 20.8 Å². The normalized spacial score (nSPS) is 18.6. The molecule has 0 saturated heterocycles. The SMILES string of the molecule is C=C(CNC=O)N(C)C1C(=O)NCC(=O)NC(C)Cc2cc(N)cc(c2)-c2cccc1c2. The Morgan fingerprint density at radius 3 is 2.78 bits per heavy atom. The van der Waals surface area contributed by atoms with Crippen molar-refractivity contribution in [1.29, 1.82) is 0 Å². The van der Waals surface area contributed by atoms with Gasteiger partial charge in [0, 0.05) is 24.5 Å². The quantitative estimate of drug-likeness (QED) is 0.418. The number of nitrogens with one attached hydrogen (secondary N) is 3. The van der Waals surface area contributed by atoms with Gasteiger partial charge in [0.2, 0.25) is 18.2 Å². The van der Waals surface area contributed by atoms with Crippen molar-refractivity contribution in [2.24, 2.45) is 0 Å². The Bertz CT molecular complexity index is 1040. The van der Waals surface area contributed by atoms with Crippen LogP contribution in [0.3, 0.4) is 0 Å². The molecule has 1 aliphatic heterocycles. The zero-order valence-corrected chi connectivity index (χ0v) is 18.4. The first kappa shape index (κ1) is 22.9. The van der Waals surface area contributed by atoms with Crippen LogP contribution < -0.4 is 21.7 Å². The Hall–Kier alpha value is -3.81. The van der Waals surface area contributed by atoms with E-state index in [-0.39, 0.29) is 30.9 Å². The first-order chi connectivity index (χ1) is 15.3. The average Bonchev–Trinajstić information content (AvgIpc) is 2.75. The van der Waals surface area contributed by atoms with Gasteiger partial charge in [-0.05, 0) is 53.8 Å². The molecule has 0 aromatic heterocycles. The van der Waals surface area contributed by atoms with Crippen LogP contribution in [0.4, 0.5) is 5.69 Å². The molecule has 0 aliphatic carbocycles. The first-order valence-electron chi connectivity index (χ1n) is 10.4. The summed E-state index contributed by atoms with van der Waals surface area (Å²) in [7, 11) is 1.73. The number of anilines is 1. The molecule has 0 fully saturated rings.